The van der Waals surface area contributed by atoms with Crippen molar-refractivity contribution < 1.29 is 0 Å². The molecule has 2 fully saturated rings. The van der Waals surface area contributed by atoms with E-state index >= 15 is 0 Å². The van der Waals surface area contributed by atoms with Crippen LogP contribution in [-0.4, -0.2) is 48.1 Å². The summed E-state index contributed by atoms with van der Waals surface area (Å²) in [6.07, 6.45) is 12.3. The summed E-state index contributed by atoms with van der Waals surface area (Å²) >= 11 is 19.7. The average Bonchev–Trinajstić information content (AvgIpc) is 3.33. The molecule has 2 aromatic heterocycles. The number of piperidine rings is 2. The summed E-state index contributed by atoms with van der Waals surface area (Å²) in [6, 6.07) is 17.1. The molecule has 0 unspecified atom stereocenters. The van der Waals surface area contributed by atoms with Gasteiger partial charge in [-0.15, -0.1) is 0 Å². The maximum absolute atomic E-state index is 6.27. The van der Waals surface area contributed by atoms with Gasteiger partial charge in [0, 0.05) is 55.6 Å². The second kappa shape index (κ2) is 14.7. The summed E-state index contributed by atoms with van der Waals surface area (Å²) in [5.74, 6) is 0. The minimum Gasteiger partial charge on any atom is -0.316 e. The van der Waals surface area contributed by atoms with Crippen LogP contribution in [0, 0.1) is 0 Å². The molecular weight excluding hydrogens is 755 g/mol. The Morgan fingerprint density at radius 3 is 1.53 bits per heavy atom. The Kier molecular flexibility index (Phi) is 10.3. The molecule has 2 saturated heterocycles. The quantitative estimate of drug-likeness (QED) is 0.193. The summed E-state index contributed by atoms with van der Waals surface area (Å²) in [7, 11) is 2.20. The Balaban J connectivity index is 0.000000150. The molecule has 242 valence electrons. The maximum Gasteiger partial charge on any atom is 0.0740 e. The zero-order valence-corrected chi connectivity index (χ0v) is 31.3. The normalized spacial score (nSPS) is 17.8. The first-order chi connectivity index (χ1) is 22.8. The molecule has 4 nitrogen and oxygen atoms in total. The van der Waals surface area contributed by atoms with Crippen molar-refractivity contribution in [3.63, 3.8) is 0 Å². The summed E-state index contributed by atoms with van der Waals surface area (Å²) in [6.45, 7) is 4.34. The number of fused-ring (bicyclic) bond motifs is 4. The minimum absolute atomic E-state index is 0.818. The van der Waals surface area contributed by atoms with Crippen molar-refractivity contribution in [1.29, 1.82) is 0 Å². The van der Waals surface area contributed by atoms with Crippen molar-refractivity contribution in [1.82, 2.24) is 20.2 Å². The fourth-order valence-corrected chi connectivity index (χ4v) is 8.59. The van der Waals surface area contributed by atoms with Gasteiger partial charge in [0.1, 0.15) is 0 Å². The number of benzene rings is 2. The Hall–Kier alpha value is -2.32. The lowest BCUT2D eigenvalue weighted by atomic mass is 9.89. The van der Waals surface area contributed by atoms with E-state index in [0.717, 1.165) is 102 Å². The van der Waals surface area contributed by atoms with Gasteiger partial charge in [0.15, 0.2) is 0 Å². The van der Waals surface area contributed by atoms with E-state index in [0.29, 0.717) is 0 Å². The van der Waals surface area contributed by atoms with Crippen LogP contribution in [0.5, 0.6) is 0 Å². The van der Waals surface area contributed by atoms with Gasteiger partial charge < -0.3 is 10.2 Å². The average molecular weight is 793 g/mol. The highest BCUT2D eigenvalue weighted by Crippen LogP contribution is 2.40. The molecule has 2 aliphatic heterocycles. The van der Waals surface area contributed by atoms with Crippen LogP contribution in [0.3, 0.4) is 0 Å². The number of rotatable bonds is 0. The Morgan fingerprint density at radius 2 is 1.04 bits per heavy atom. The number of halogens is 4. The van der Waals surface area contributed by atoms with Crippen molar-refractivity contribution in [2.75, 3.05) is 33.2 Å². The zero-order valence-electron chi connectivity index (χ0n) is 26.6. The number of hydrogen-bond acceptors (Lipinski definition) is 4. The number of likely N-dealkylation sites (tertiary alicyclic amines) is 1. The molecule has 1 N–H and O–H groups in total. The van der Waals surface area contributed by atoms with Crippen LogP contribution in [0.15, 0.2) is 81.0 Å². The first-order valence-corrected chi connectivity index (χ1v) is 18.9. The van der Waals surface area contributed by atoms with E-state index in [9.17, 15) is 0 Å². The molecule has 2 aromatic carbocycles. The second-order valence-corrected chi connectivity index (χ2v) is 15.6. The molecular formula is C39H38Br2Cl2N4. The summed E-state index contributed by atoms with van der Waals surface area (Å²) in [5, 5.41) is 5.09. The highest BCUT2D eigenvalue weighted by atomic mass is 79.9. The van der Waals surface area contributed by atoms with Crippen molar-refractivity contribution in [2.24, 2.45) is 0 Å². The van der Waals surface area contributed by atoms with Crippen LogP contribution in [0.1, 0.15) is 70.5 Å². The van der Waals surface area contributed by atoms with E-state index in [-0.39, 0.29) is 0 Å². The van der Waals surface area contributed by atoms with Crippen molar-refractivity contribution in [2.45, 2.75) is 51.4 Å². The van der Waals surface area contributed by atoms with Crippen molar-refractivity contribution in [3.8, 4) is 0 Å². The Bertz CT molecular complexity index is 1770. The number of aromatic nitrogens is 2. The molecule has 0 spiro atoms. The fourth-order valence-electron chi connectivity index (χ4n) is 7.45. The van der Waals surface area contributed by atoms with E-state index in [1.807, 2.05) is 24.5 Å². The molecule has 2 aliphatic carbocycles. The number of pyridine rings is 2. The number of aryl methyl sites for hydroxylation is 4. The van der Waals surface area contributed by atoms with E-state index in [1.165, 1.54) is 61.4 Å². The van der Waals surface area contributed by atoms with Gasteiger partial charge in [-0.1, -0.05) is 46.5 Å². The van der Waals surface area contributed by atoms with Crippen LogP contribution in [-0.2, 0) is 25.7 Å². The summed E-state index contributed by atoms with van der Waals surface area (Å²) in [5.41, 5.74) is 16.1. The predicted molar refractivity (Wildman–Crippen MR) is 202 cm³/mol. The third-order valence-corrected chi connectivity index (χ3v) is 11.2. The summed E-state index contributed by atoms with van der Waals surface area (Å²) < 4.78 is 2.10. The molecule has 0 bridgehead atoms. The van der Waals surface area contributed by atoms with E-state index in [1.54, 1.807) is 0 Å². The van der Waals surface area contributed by atoms with Gasteiger partial charge in [0.25, 0.3) is 0 Å². The Morgan fingerprint density at radius 1 is 0.596 bits per heavy atom. The van der Waals surface area contributed by atoms with Crippen molar-refractivity contribution >= 4 is 66.2 Å². The number of hydrogen-bond donors (Lipinski definition) is 1. The first-order valence-electron chi connectivity index (χ1n) is 16.5. The van der Waals surface area contributed by atoms with Crippen molar-refractivity contribution in [3.05, 3.63) is 136 Å². The van der Waals surface area contributed by atoms with E-state index < -0.39 is 0 Å². The molecule has 47 heavy (non-hydrogen) atoms. The molecule has 0 radical (unpaired) electrons. The van der Waals surface area contributed by atoms with Crippen LogP contribution in [0.4, 0.5) is 0 Å². The third-order valence-electron chi connectivity index (χ3n) is 9.85. The topological polar surface area (TPSA) is 41.1 Å². The fraction of sp³-hybridized carbons (Fsp3) is 0.333. The highest BCUT2D eigenvalue weighted by Gasteiger charge is 2.26. The second-order valence-electron chi connectivity index (χ2n) is 12.9. The van der Waals surface area contributed by atoms with Gasteiger partial charge in [0.2, 0.25) is 0 Å². The van der Waals surface area contributed by atoms with Gasteiger partial charge in [-0.2, -0.15) is 0 Å². The van der Waals surface area contributed by atoms with E-state index in [2.05, 4.69) is 85.5 Å². The molecule has 8 rings (SSSR count). The maximum atomic E-state index is 6.27. The van der Waals surface area contributed by atoms with Crippen LogP contribution in [0.25, 0.3) is 11.1 Å². The third kappa shape index (κ3) is 7.34. The van der Waals surface area contributed by atoms with Gasteiger partial charge in [-0.3, -0.25) is 9.97 Å². The SMILES string of the molecule is CN1CCC(=C2c3ccc(Cl)cc3CCc3cc(Br)cnc32)CC1.Clc1ccc2c(c1)CCc1cc(Br)cnc1C2=C1CCNCC1. The lowest BCUT2D eigenvalue weighted by molar-refractivity contribution is 0.313. The Labute approximate surface area is 305 Å². The monoisotopic (exact) mass is 790 g/mol. The number of nitrogens with zero attached hydrogens (tertiary/aromatic N) is 3. The largest absolute Gasteiger partial charge is 0.316 e. The van der Waals surface area contributed by atoms with Crippen LogP contribution >= 0.6 is 55.1 Å². The highest BCUT2D eigenvalue weighted by molar-refractivity contribution is 9.10. The lowest BCUT2D eigenvalue weighted by Crippen LogP contribution is -2.27. The van der Waals surface area contributed by atoms with E-state index in [4.69, 9.17) is 33.2 Å². The minimum atomic E-state index is 0.818. The molecule has 0 saturated carbocycles. The lowest BCUT2D eigenvalue weighted by Gasteiger charge is -2.27. The summed E-state index contributed by atoms with van der Waals surface area (Å²) in [4.78, 5) is 12.0. The smallest absolute Gasteiger partial charge is 0.0740 e. The van der Waals surface area contributed by atoms with Gasteiger partial charge in [0.05, 0.1) is 11.4 Å². The molecule has 4 aromatic rings. The van der Waals surface area contributed by atoms with Gasteiger partial charge in [-0.25, -0.2) is 0 Å². The van der Waals surface area contributed by atoms with Gasteiger partial charge in [-0.05, 0) is 173 Å². The van der Waals surface area contributed by atoms with Gasteiger partial charge >= 0.3 is 0 Å². The first kappa shape index (κ1) is 33.2. The van der Waals surface area contributed by atoms with Crippen LogP contribution in [0.2, 0.25) is 10.0 Å². The molecule has 0 amide bonds. The number of nitrogens with one attached hydrogen (secondary N) is 1. The molecule has 8 heteroatoms. The van der Waals surface area contributed by atoms with Crippen LogP contribution < -0.4 is 5.32 Å². The predicted octanol–water partition coefficient (Wildman–Crippen LogP) is 9.90. The molecule has 4 heterocycles. The molecule has 4 aliphatic rings. The standard InChI is InChI=1S/C20H20BrClN2.C19H18BrClN2/c1-24-8-6-13(7-9-24)19-18-5-4-17(22)11-14(18)2-3-15-10-16(21)12-23-20(15)19;20-15-9-14-2-1-13-10-16(21)3-4-17(13)18(19(14)23-11-15)12-5-7-22-8-6-12/h4-5,10-12H,2-3,6-9H2,1H3;3-4,9-11,22H,1-2,5-8H2. The molecule has 0 atom stereocenters. The zero-order chi connectivity index (χ0) is 32.5.